The Morgan fingerprint density at radius 2 is 1.62 bits per heavy atom. The highest BCUT2D eigenvalue weighted by Crippen LogP contribution is 2.20. The molecule has 145 valence electrons. The minimum Gasteiger partial charge on any atom is -0.303 e. The Kier molecular flexibility index (Phi) is 6.56. The predicted molar refractivity (Wildman–Crippen MR) is 119 cm³/mol. The van der Waals surface area contributed by atoms with Crippen molar-refractivity contribution in [2.45, 2.75) is 19.3 Å². The van der Waals surface area contributed by atoms with Crippen molar-refractivity contribution in [3.8, 4) is 23.0 Å². The third kappa shape index (κ3) is 5.67. The third-order valence-electron chi connectivity index (χ3n) is 5.07. The number of likely N-dealkylation sites (tertiary alicyclic amines) is 1. The van der Waals surface area contributed by atoms with Gasteiger partial charge in [-0.3, -0.25) is 4.98 Å². The molecule has 0 saturated carbocycles. The molecule has 0 unspecified atom stereocenters. The molecule has 1 fully saturated rings. The lowest BCUT2D eigenvalue weighted by Crippen LogP contribution is -2.31. The van der Waals surface area contributed by atoms with Crippen molar-refractivity contribution in [1.29, 1.82) is 0 Å². The molecule has 4 rings (SSSR count). The highest BCUT2D eigenvalue weighted by molar-refractivity contribution is 6.30. The Bertz CT molecular complexity index is 977. The first-order chi connectivity index (χ1) is 14.3. The first-order valence-electron chi connectivity index (χ1n) is 10.0. The van der Waals surface area contributed by atoms with Crippen molar-refractivity contribution in [3.63, 3.8) is 0 Å². The topological polar surface area (TPSA) is 29.0 Å². The summed E-state index contributed by atoms with van der Waals surface area (Å²) in [4.78, 5) is 11.5. The fraction of sp³-hybridized carbons (Fsp3) is 0.240. The summed E-state index contributed by atoms with van der Waals surface area (Å²) in [6, 6.07) is 15.7. The van der Waals surface area contributed by atoms with Crippen molar-refractivity contribution in [1.82, 2.24) is 14.9 Å². The lowest BCUT2D eigenvalue weighted by Gasteiger charge is -2.25. The number of benzene rings is 1. The zero-order valence-electron chi connectivity index (χ0n) is 16.3. The number of rotatable bonds is 4. The maximum Gasteiger partial charge on any atom is 0.113 e. The van der Waals surface area contributed by atoms with E-state index in [1.807, 2.05) is 60.9 Å². The molecule has 1 radical (unpaired) electrons. The van der Waals surface area contributed by atoms with Gasteiger partial charge in [-0.15, -0.1) is 0 Å². The Morgan fingerprint density at radius 3 is 2.31 bits per heavy atom. The highest BCUT2D eigenvalue weighted by Gasteiger charge is 2.09. The van der Waals surface area contributed by atoms with E-state index in [1.54, 1.807) is 0 Å². The van der Waals surface area contributed by atoms with Gasteiger partial charge in [0.25, 0.3) is 0 Å². The van der Waals surface area contributed by atoms with E-state index in [4.69, 9.17) is 11.6 Å². The summed E-state index contributed by atoms with van der Waals surface area (Å²) in [6.07, 6.45) is 9.84. The van der Waals surface area contributed by atoms with Gasteiger partial charge in [0.15, 0.2) is 0 Å². The molecule has 1 aliphatic heterocycles. The molecule has 0 spiro atoms. The lowest BCUT2D eigenvalue weighted by molar-refractivity contribution is 0.246. The minimum absolute atomic E-state index is 0.730. The van der Waals surface area contributed by atoms with Gasteiger partial charge < -0.3 is 4.90 Å². The average molecular weight is 401 g/mol. The normalized spacial score (nSPS) is 14.2. The molecule has 1 aliphatic rings. The zero-order valence-corrected chi connectivity index (χ0v) is 17.1. The molecule has 1 saturated heterocycles. The summed E-state index contributed by atoms with van der Waals surface area (Å²) in [7, 11) is 0. The summed E-state index contributed by atoms with van der Waals surface area (Å²) in [5.41, 5.74) is 4.77. The van der Waals surface area contributed by atoms with E-state index in [0.717, 1.165) is 39.6 Å². The fourth-order valence-corrected chi connectivity index (χ4v) is 3.51. The second kappa shape index (κ2) is 9.69. The van der Waals surface area contributed by atoms with Crippen LogP contribution in [0.1, 0.15) is 36.2 Å². The van der Waals surface area contributed by atoms with Crippen LogP contribution in [-0.2, 0) is 0 Å². The molecule has 3 aromatic rings. The number of pyridine rings is 2. The van der Waals surface area contributed by atoms with Crippen molar-refractivity contribution in [2.75, 3.05) is 19.6 Å². The maximum atomic E-state index is 5.94. The molecular weight excluding hydrogens is 378 g/mol. The van der Waals surface area contributed by atoms with Crippen LogP contribution in [0.15, 0.2) is 60.9 Å². The number of piperidine rings is 1. The van der Waals surface area contributed by atoms with Gasteiger partial charge in [-0.2, -0.15) is 0 Å². The van der Waals surface area contributed by atoms with E-state index in [9.17, 15) is 0 Å². The van der Waals surface area contributed by atoms with E-state index in [1.165, 1.54) is 32.4 Å². The van der Waals surface area contributed by atoms with Crippen molar-refractivity contribution >= 4 is 11.6 Å². The molecule has 0 amide bonds. The van der Waals surface area contributed by atoms with Crippen molar-refractivity contribution in [2.24, 2.45) is 0 Å². The Hall–Kier alpha value is -2.67. The number of hydrogen-bond acceptors (Lipinski definition) is 3. The van der Waals surface area contributed by atoms with Gasteiger partial charge >= 0.3 is 0 Å². The molecule has 0 atom stereocenters. The number of nitrogens with zero attached hydrogens (tertiary/aromatic N) is 3. The Balaban J connectivity index is 1.35. The molecule has 3 nitrogen and oxygen atoms in total. The van der Waals surface area contributed by atoms with Crippen molar-refractivity contribution in [3.05, 3.63) is 89.3 Å². The first-order valence-corrected chi connectivity index (χ1v) is 10.4. The summed E-state index contributed by atoms with van der Waals surface area (Å²) < 4.78 is 0. The largest absolute Gasteiger partial charge is 0.303 e. The van der Waals surface area contributed by atoms with Crippen LogP contribution >= 0.6 is 11.6 Å². The van der Waals surface area contributed by atoms with Crippen LogP contribution in [0.2, 0.25) is 5.02 Å². The van der Waals surface area contributed by atoms with Gasteiger partial charge in [-0.05, 0) is 67.7 Å². The van der Waals surface area contributed by atoms with Crippen LogP contribution in [0.25, 0.3) is 11.1 Å². The lowest BCUT2D eigenvalue weighted by atomic mass is 10.1. The highest BCUT2D eigenvalue weighted by atomic mass is 35.5. The molecule has 2 aromatic heterocycles. The van der Waals surface area contributed by atoms with Gasteiger partial charge in [0.05, 0.1) is 0 Å². The Morgan fingerprint density at radius 1 is 0.828 bits per heavy atom. The zero-order chi connectivity index (χ0) is 19.9. The second-order valence-electron chi connectivity index (χ2n) is 7.23. The predicted octanol–water partition coefficient (Wildman–Crippen LogP) is 5.24. The molecule has 3 heterocycles. The molecule has 29 heavy (non-hydrogen) atoms. The van der Waals surface area contributed by atoms with Crippen LogP contribution in [0, 0.1) is 18.3 Å². The van der Waals surface area contributed by atoms with Crippen LogP contribution in [0.5, 0.6) is 0 Å². The van der Waals surface area contributed by atoms with E-state index in [-0.39, 0.29) is 0 Å². The van der Waals surface area contributed by atoms with E-state index < -0.39 is 0 Å². The number of halogens is 1. The summed E-state index contributed by atoms with van der Waals surface area (Å²) in [5.74, 6) is 6.25. The number of hydrogen-bond donors (Lipinski definition) is 0. The van der Waals surface area contributed by atoms with Crippen LogP contribution < -0.4 is 0 Å². The van der Waals surface area contributed by atoms with Gasteiger partial charge in [0.1, 0.15) is 5.69 Å². The summed E-state index contributed by atoms with van der Waals surface area (Å²) >= 11 is 5.94. The fourth-order valence-electron chi connectivity index (χ4n) is 3.38. The van der Waals surface area contributed by atoms with Crippen LogP contribution in [-0.4, -0.2) is 34.5 Å². The van der Waals surface area contributed by atoms with E-state index >= 15 is 0 Å². The van der Waals surface area contributed by atoms with Gasteiger partial charge in [0.2, 0.25) is 0 Å². The van der Waals surface area contributed by atoms with Crippen LogP contribution in [0.4, 0.5) is 0 Å². The molecule has 4 heteroatoms. The van der Waals surface area contributed by atoms with Crippen LogP contribution in [0.3, 0.4) is 0 Å². The molecular formula is C25H23ClN3. The molecule has 0 aliphatic carbocycles. The van der Waals surface area contributed by atoms with E-state index in [2.05, 4.69) is 33.1 Å². The minimum atomic E-state index is 0.730. The van der Waals surface area contributed by atoms with Gasteiger partial charge in [0, 0.05) is 47.2 Å². The van der Waals surface area contributed by atoms with E-state index in [0.29, 0.717) is 0 Å². The second-order valence-corrected chi connectivity index (χ2v) is 7.66. The standard InChI is InChI=1S/C25H23ClN3/c26-23-9-6-21(7-10-23)22-8-13-24(28-19-22)11-4-20-5-12-25(27-18-20)14-17-29-15-2-1-3-16-29/h5-10,12-14,18-19H,1-3,15-17H2. The molecule has 0 N–H and O–H groups in total. The SMILES string of the molecule is Clc1ccc(-c2ccc(C#Cc3ccc([CH]CN4CCCCC4)nc3)nc2)cc1. The quantitative estimate of drug-likeness (QED) is 0.561. The Labute approximate surface area is 177 Å². The monoisotopic (exact) mass is 400 g/mol. The van der Waals surface area contributed by atoms with Gasteiger partial charge in [-0.1, -0.05) is 42.1 Å². The summed E-state index contributed by atoms with van der Waals surface area (Å²) in [6.45, 7) is 3.37. The number of aromatic nitrogens is 2. The molecule has 0 bridgehead atoms. The smallest absolute Gasteiger partial charge is 0.113 e. The third-order valence-corrected chi connectivity index (χ3v) is 5.32. The average Bonchev–Trinajstić information content (AvgIpc) is 2.79. The van der Waals surface area contributed by atoms with Gasteiger partial charge in [-0.25, -0.2) is 4.98 Å². The first kappa shape index (κ1) is 19.6. The summed E-state index contributed by atoms with van der Waals surface area (Å²) in [5, 5.41) is 0.730. The maximum absolute atomic E-state index is 5.94. The molecule has 1 aromatic carbocycles. The van der Waals surface area contributed by atoms with Crippen molar-refractivity contribution < 1.29 is 0 Å².